The molecule has 2 rings (SSSR count). The number of nitrogens with zero attached hydrogens (tertiary/aromatic N) is 1. The first-order valence-corrected chi connectivity index (χ1v) is 7.72. The van der Waals surface area contributed by atoms with Crippen LogP contribution in [0.15, 0.2) is 24.3 Å². The minimum atomic E-state index is 0.0767. The first-order valence-electron chi connectivity index (χ1n) is 7.72. The normalized spacial score (nSPS) is 18.2. The van der Waals surface area contributed by atoms with Crippen molar-refractivity contribution in [1.29, 1.82) is 0 Å². The van der Waals surface area contributed by atoms with E-state index in [-0.39, 0.29) is 5.54 Å². The summed E-state index contributed by atoms with van der Waals surface area (Å²) < 4.78 is 5.41. The number of ether oxygens (including phenoxy) is 1. The fourth-order valence-corrected chi connectivity index (χ4v) is 3.12. The molecular formula is C17H28N2O. The predicted molar refractivity (Wildman–Crippen MR) is 83.9 cm³/mol. The summed E-state index contributed by atoms with van der Waals surface area (Å²) in [5.41, 5.74) is 7.82. The van der Waals surface area contributed by atoms with Gasteiger partial charge in [0.15, 0.2) is 0 Å². The lowest BCUT2D eigenvalue weighted by Crippen LogP contribution is -2.44. The van der Waals surface area contributed by atoms with E-state index in [2.05, 4.69) is 24.1 Å². The molecule has 0 aliphatic heterocycles. The monoisotopic (exact) mass is 276 g/mol. The second-order valence-corrected chi connectivity index (χ2v) is 6.22. The highest BCUT2D eigenvalue weighted by atomic mass is 16.5. The SMILES string of the molecule is COc1ccccc1CN(C)CCC1(N)CCCCC1. The summed E-state index contributed by atoms with van der Waals surface area (Å²) in [6.07, 6.45) is 7.43. The molecule has 3 nitrogen and oxygen atoms in total. The van der Waals surface area contributed by atoms with Gasteiger partial charge in [-0.3, -0.25) is 0 Å². The molecule has 2 N–H and O–H groups in total. The molecule has 3 heteroatoms. The van der Waals surface area contributed by atoms with Crippen LogP contribution in [-0.4, -0.2) is 31.1 Å². The average molecular weight is 276 g/mol. The molecule has 0 atom stereocenters. The summed E-state index contributed by atoms with van der Waals surface area (Å²) in [6.45, 7) is 1.97. The molecule has 0 heterocycles. The van der Waals surface area contributed by atoms with E-state index in [9.17, 15) is 0 Å². The summed E-state index contributed by atoms with van der Waals surface area (Å²) in [6, 6.07) is 8.24. The van der Waals surface area contributed by atoms with Gasteiger partial charge in [0, 0.05) is 17.6 Å². The van der Waals surface area contributed by atoms with Gasteiger partial charge in [-0.15, -0.1) is 0 Å². The largest absolute Gasteiger partial charge is 0.496 e. The van der Waals surface area contributed by atoms with Gasteiger partial charge in [0.25, 0.3) is 0 Å². The lowest BCUT2D eigenvalue weighted by molar-refractivity contribution is 0.225. The van der Waals surface area contributed by atoms with Gasteiger partial charge in [-0.25, -0.2) is 0 Å². The molecule has 0 amide bonds. The summed E-state index contributed by atoms with van der Waals surface area (Å²) in [4.78, 5) is 2.35. The predicted octanol–water partition coefficient (Wildman–Crippen LogP) is 3.18. The number of nitrogens with two attached hydrogens (primary N) is 1. The molecule has 1 aromatic carbocycles. The molecular weight excluding hydrogens is 248 g/mol. The Kier molecular flexibility index (Phi) is 5.44. The van der Waals surface area contributed by atoms with Crippen molar-refractivity contribution >= 4 is 0 Å². The molecule has 1 aliphatic carbocycles. The first-order chi connectivity index (χ1) is 9.63. The maximum absolute atomic E-state index is 6.51. The molecule has 1 fully saturated rings. The second-order valence-electron chi connectivity index (χ2n) is 6.22. The van der Waals surface area contributed by atoms with Crippen molar-refractivity contribution in [2.45, 2.75) is 50.6 Å². The highest BCUT2D eigenvalue weighted by molar-refractivity contribution is 5.32. The van der Waals surface area contributed by atoms with Crippen LogP contribution in [0.1, 0.15) is 44.1 Å². The van der Waals surface area contributed by atoms with Crippen LogP contribution in [0, 0.1) is 0 Å². The van der Waals surface area contributed by atoms with E-state index in [0.717, 1.165) is 25.3 Å². The number of hydrogen-bond acceptors (Lipinski definition) is 3. The average Bonchev–Trinajstić information content (AvgIpc) is 2.47. The van der Waals surface area contributed by atoms with Crippen LogP contribution in [0.4, 0.5) is 0 Å². The first kappa shape index (κ1) is 15.3. The van der Waals surface area contributed by atoms with Gasteiger partial charge in [-0.05, 0) is 38.9 Å². The smallest absolute Gasteiger partial charge is 0.123 e. The Morgan fingerprint density at radius 1 is 1.20 bits per heavy atom. The molecule has 112 valence electrons. The third-order valence-electron chi connectivity index (χ3n) is 4.47. The third kappa shape index (κ3) is 4.22. The Hall–Kier alpha value is -1.06. The Labute approximate surface area is 123 Å². The van der Waals surface area contributed by atoms with Crippen LogP contribution in [0.5, 0.6) is 5.75 Å². The zero-order chi connectivity index (χ0) is 14.4. The second kappa shape index (κ2) is 7.09. The molecule has 0 spiro atoms. The van der Waals surface area contributed by atoms with Gasteiger partial charge < -0.3 is 15.4 Å². The summed E-state index contributed by atoms with van der Waals surface area (Å²) in [5.74, 6) is 0.972. The molecule has 0 unspecified atom stereocenters. The van der Waals surface area contributed by atoms with Crippen molar-refractivity contribution in [2.24, 2.45) is 5.73 Å². The number of benzene rings is 1. The molecule has 20 heavy (non-hydrogen) atoms. The maximum atomic E-state index is 6.51. The van der Waals surface area contributed by atoms with E-state index in [4.69, 9.17) is 10.5 Å². The lowest BCUT2D eigenvalue weighted by Gasteiger charge is -2.35. The van der Waals surface area contributed by atoms with Gasteiger partial charge in [0.2, 0.25) is 0 Å². The van der Waals surface area contributed by atoms with Gasteiger partial charge in [-0.1, -0.05) is 37.5 Å². The van der Waals surface area contributed by atoms with Crippen LogP contribution in [0.25, 0.3) is 0 Å². The van der Waals surface area contributed by atoms with E-state index in [1.54, 1.807) is 7.11 Å². The van der Waals surface area contributed by atoms with Crippen molar-refractivity contribution in [1.82, 2.24) is 4.90 Å². The zero-order valence-corrected chi connectivity index (χ0v) is 12.9. The van der Waals surface area contributed by atoms with E-state index in [0.29, 0.717) is 0 Å². The molecule has 0 aromatic heterocycles. The Morgan fingerprint density at radius 2 is 1.90 bits per heavy atom. The fourth-order valence-electron chi connectivity index (χ4n) is 3.12. The Balaban J connectivity index is 1.84. The zero-order valence-electron chi connectivity index (χ0n) is 12.9. The van der Waals surface area contributed by atoms with Crippen molar-refractivity contribution < 1.29 is 4.74 Å². The van der Waals surface area contributed by atoms with Crippen LogP contribution in [-0.2, 0) is 6.54 Å². The quantitative estimate of drug-likeness (QED) is 0.867. The van der Waals surface area contributed by atoms with Crippen molar-refractivity contribution in [2.75, 3.05) is 20.7 Å². The summed E-state index contributed by atoms with van der Waals surface area (Å²) in [7, 11) is 3.90. The van der Waals surface area contributed by atoms with Gasteiger partial charge >= 0.3 is 0 Å². The molecule has 0 bridgehead atoms. The molecule has 1 saturated carbocycles. The lowest BCUT2D eigenvalue weighted by atomic mass is 9.80. The van der Waals surface area contributed by atoms with Crippen LogP contribution < -0.4 is 10.5 Å². The summed E-state index contributed by atoms with van der Waals surface area (Å²) >= 11 is 0. The third-order valence-corrected chi connectivity index (χ3v) is 4.47. The molecule has 1 aromatic rings. The van der Waals surface area contributed by atoms with Crippen molar-refractivity contribution in [3.8, 4) is 5.75 Å². The molecule has 0 saturated heterocycles. The number of hydrogen-bond donors (Lipinski definition) is 1. The summed E-state index contributed by atoms with van der Waals surface area (Å²) in [5, 5.41) is 0. The minimum Gasteiger partial charge on any atom is -0.496 e. The highest BCUT2D eigenvalue weighted by Gasteiger charge is 2.27. The van der Waals surface area contributed by atoms with E-state index >= 15 is 0 Å². The highest BCUT2D eigenvalue weighted by Crippen LogP contribution is 2.29. The number of methoxy groups -OCH3 is 1. The maximum Gasteiger partial charge on any atom is 0.123 e. The molecule has 0 radical (unpaired) electrons. The van der Waals surface area contributed by atoms with E-state index in [1.807, 2.05) is 12.1 Å². The van der Waals surface area contributed by atoms with Crippen LogP contribution in [0.3, 0.4) is 0 Å². The fraction of sp³-hybridized carbons (Fsp3) is 0.647. The standard InChI is InChI=1S/C17H28N2O/c1-19(13-12-17(18)10-6-3-7-11-17)14-15-8-4-5-9-16(15)20-2/h4-5,8-9H,3,6-7,10-14,18H2,1-2H3. The van der Waals surface area contributed by atoms with Crippen molar-refractivity contribution in [3.05, 3.63) is 29.8 Å². The Morgan fingerprint density at radius 3 is 2.60 bits per heavy atom. The van der Waals surface area contributed by atoms with Crippen LogP contribution >= 0.6 is 0 Å². The van der Waals surface area contributed by atoms with Crippen molar-refractivity contribution in [3.63, 3.8) is 0 Å². The topological polar surface area (TPSA) is 38.5 Å². The Bertz CT molecular complexity index is 413. The number of rotatable bonds is 6. The van der Waals surface area contributed by atoms with Gasteiger partial charge in [0.1, 0.15) is 5.75 Å². The van der Waals surface area contributed by atoms with Gasteiger partial charge in [-0.2, -0.15) is 0 Å². The van der Waals surface area contributed by atoms with Gasteiger partial charge in [0.05, 0.1) is 7.11 Å². The van der Waals surface area contributed by atoms with Crippen LogP contribution in [0.2, 0.25) is 0 Å². The van der Waals surface area contributed by atoms with E-state index in [1.165, 1.54) is 37.7 Å². The van der Waals surface area contributed by atoms with E-state index < -0.39 is 0 Å². The molecule has 1 aliphatic rings. The minimum absolute atomic E-state index is 0.0767. The number of para-hydroxylation sites is 1.